The van der Waals surface area contributed by atoms with Gasteiger partial charge in [0.05, 0.1) is 12.1 Å². The molecule has 0 radical (unpaired) electrons. The molecule has 16 heavy (non-hydrogen) atoms. The molecule has 0 spiro atoms. The van der Waals surface area contributed by atoms with E-state index in [-0.39, 0.29) is 5.54 Å². The zero-order chi connectivity index (χ0) is 11.4. The van der Waals surface area contributed by atoms with Crippen LogP contribution in [-0.2, 0) is 0 Å². The lowest BCUT2D eigenvalue weighted by Crippen LogP contribution is -2.42. The highest BCUT2D eigenvalue weighted by Crippen LogP contribution is 2.36. The molecule has 5 nitrogen and oxygen atoms in total. The lowest BCUT2D eigenvalue weighted by atomic mass is 9.99. The first-order valence-corrected chi connectivity index (χ1v) is 5.80. The van der Waals surface area contributed by atoms with Crippen LogP contribution in [0.25, 0.3) is 0 Å². The summed E-state index contributed by atoms with van der Waals surface area (Å²) in [5.41, 5.74) is -0.355. The van der Waals surface area contributed by atoms with Gasteiger partial charge in [0.25, 0.3) is 0 Å². The van der Waals surface area contributed by atoms with Gasteiger partial charge in [0.2, 0.25) is 0 Å². The Morgan fingerprint density at radius 3 is 3.19 bits per heavy atom. The van der Waals surface area contributed by atoms with Crippen LogP contribution in [0.1, 0.15) is 38.6 Å². The number of nitriles is 1. The molecular formula is C11H17N5. The fourth-order valence-electron chi connectivity index (χ4n) is 2.32. The van der Waals surface area contributed by atoms with Gasteiger partial charge in [-0.2, -0.15) is 10.4 Å². The van der Waals surface area contributed by atoms with Crippen LogP contribution in [0.2, 0.25) is 0 Å². The minimum Gasteiger partial charge on any atom is -0.299 e. The summed E-state index contributed by atoms with van der Waals surface area (Å²) < 4.78 is 1.87. The summed E-state index contributed by atoms with van der Waals surface area (Å²) in [5.74, 6) is 0. The van der Waals surface area contributed by atoms with Gasteiger partial charge in [-0.25, -0.2) is 9.67 Å². The minimum atomic E-state index is -0.355. The van der Waals surface area contributed by atoms with Gasteiger partial charge in [-0.1, -0.05) is 6.92 Å². The largest absolute Gasteiger partial charge is 0.299 e. The topological polar surface area (TPSA) is 66.5 Å². The minimum absolute atomic E-state index is 0.312. The Morgan fingerprint density at radius 1 is 1.69 bits per heavy atom. The smallest absolute Gasteiger partial charge is 0.137 e. The molecule has 86 valence electrons. The molecule has 1 aliphatic rings. The molecule has 2 atom stereocenters. The van der Waals surface area contributed by atoms with E-state index in [1.807, 2.05) is 4.68 Å². The van der Waals surface area contributed by atoms with Gasteiger partial charge < -0.3 is 0 Å². The van der Waals surface area contributed by atoms with Crippen LogP contribution in [0.4, 0.5) is 0 Å². The SMILES string of the molecule is CCCNC1(C#N)CCC(n2cncn2)C1. The van der Waals surface area contributed by atoms with E-state index in [1.165, 1.54) is 0 Å². The van der Waals surface area contributed by atoms with Crippen molar-refractivity contribution in [1.29, 1.82) is 5.26 Å². The van der Waals surface area contributed by atoms with E-state index < -0.39 is 0 Å². The monoisotopic (exact) mass is 219 g/mol. The summed E-state index contributed by atoms with van der Waals surface area (Å²) in [7, 11) is 0. The Labute approximate surface area is 95.5 Å². The number of hydrogen-bond donors (Lipinski definition) is 1. The first-order valence-electron chi connectivity index (χ1n) is 5.80. The molecule has 1 aliphatic carbocycles. The van der Waals surface area contributed by atoms with Crippen molar-refractivity contribution < 1.29 is 0 Å². The second-order valence-corrected chi connectivity index (χ2v) is 4.39. The number of hydrogen-bond acceptors (Lipinski definition) is 4. The summed E-state index contributed by atoms with van der Waals surface area (Å²) in [6, 6.07) is 2.74. The molecular weight excluding hydrogens is 202 g/mol. The van der Waals surface area contributed by atoms with Gasteiger partial charge in [-0.05, 0) is 25.8 Å². The van der Waals surface area contributed by atoms with Crippen LogP contribution in [0.3, 0.4) is 0 Å². The molecule has 1 saturated carbocycles. The normalized spacial score (nSPS) is 29.1. The molecule has 2 unspecified atom stereocenters. The maximum absolute atomic E-state index is 9.30. The van der Waals surface area contributed by atoms with E-state index in [9.17, 15) is 5.26 Å². The predicted molar refractivity (Wildman–Crippen MR) is 59.5 cm³/mol. The maximum atomic E-state index is 9.30. The first kappa shape index (κ1) is 11.1. The summed E-state index contributed by atoms with van der Waals surface area (Å²) in [6.45, 7) is 3.01. The predicted octanol–water partition coefficient (Wildman–Crippen LogP) is 1.27. The van der Waals surface area contributed by atoms with E-state index in [1.54, 1.807) is 12.7 Å². The molecule has 0 aliphatic heterocycles. The lowest BCUT2D eigenvalue weighted by Gasteiger charge is -2.22. The van der Waals surface area contributed by atoms with E-state index in [4.69, 9.17) is 0 Å². The van der Waals surface area contributed by atoms with Crippen molar-refractivity contribution in [3.63, 3.8) is 0 Å². The first-order chi connectivity index (χ1) is 7.79. The van der Waals surface area contributed by atoms with Crippen molar-refractivity contribution in [2.24, 2.45) is 0 Å². The molecule has 1 aromatic heterocycles. The quantitative estimate of drug-likeness (QED) is 0.828. The fraction of sp³-hybridized carbons (Fsp3) is 0.727. The van der Waals surface area contributed by atoms with Crippen molar-refractivity contribution in [3.05, 3.63) is 12.7 Å². The van der Waals surface area contributed by atoms with Gasteiger partial charge in [0.15, 0.2) is 0 Å². The molecule has 1 heterocycles. The zero-order valence-corrected chi connectivity index (χ0v) is 9.56. The molecule has 0 saturated heterocycles. The molecule has 5 heteroatoms. The zero-order valence-electron chi connectivity index (χ0n) is 9.56. The molecule has 0 aromatic carbocycles. The van der Waals surface area contributed by atoms with Crippen molar-refractivity contribution in [2.45, 2.75) is 44.2 Å². The third kappa shape index (κ3) is 2.07. The van der Waals surface area contributed by atoms with Crippen molar-refractivity contribution >= 4 is 0 Å². The molecule has 1 aromatic rings. The van der Waals surface area contributed by atoms with Gasteiger partial charge in [-0.15, -0.1) is 0 Å². The van der Waals surface area contributed by atoms with E-state index >= 15 is 0 Å². The fourth-order valence-corrected chi connectivity index (χ4v) is 2.32. The number of rotatable bonds is 4. The van der Waals surface area contributed by atoms with Crippen LogP contribution in [-0.4, -0.2) is 26.8 Å². The van der Waals surface area contributed by atoms with E-state index in [0.29, 0.717) is 6.04 Å². The second kappa shape index (κ2) is 4.62. The maximum Gasteiger partial charge on any atom is 0.137 e. The average Bonchev–Trinajstić information content (AvgIpc) is 2.96. The molecule has 1 fully saturated rings. The van der Waals surface area contributed by atoms with Crippen molar-refractivity contribution in [1.82, 2.24) is 20.1 Å². The molecule has 0 bridgehead atoms. The molecule has 2 rings (SSSR count). The van der Waals surface area contributed by atoms with Crippen LogP contribution in [0.15, 0.2) is 12.7 Å². The number of nitrogens with zero attached hydrogens (tertiary/aromatic N) is 4. The Morgan fingerprint density at radius 2 is 2.56 bits per heavy atom. The van der Waals surface area contributed by atoms with E-state index in [2.05, 4.69) is 28.4 Å². The highest BCUT2D eigenvalue weighted by atomic mass is 15.3. The third-order valence-electron chi connectivity index (χ3n) is 3.23. The highest BCUT2D eigenvalue weighted by Gasteiger charge is 2.39. The van der Waals surface area contributed by atoms with E-state index in [0.717, 1.165) is 32.2 Å². The molecule has 0 amide bonds. The Kier molecular flexibility index (Phi) is 3.20. The van der Waals surface area contributed by atoms with Crippen LogP contribution in [0.5, 0.6) is 0 Å². The Hall–Kier alpha value is -1.41. The molecule has 1 N–H and O–H groups in total. The average molecular weight is 219 g/mol. The Bertz CT molecular complexity index is 366. The summed E-state index contributed by atoms with van der Waals surface area (Å²) in [4.78, 5) is 3.95. The summed E-state index contributed by atoms with van der Waals surface area (Å²) in [5, 5.41) is 16.8. The van der Waals surface area contributed by atoms with Crippen LogP contribution in [0, 0.1) is 11.3 Å². The third-order valence-corrected chi connectivity index (χ3v) is 3.23. The second-order valence-electron chi connectivity index (χ2n) is 4.39. The number of nitrogens with one attached hydrogen (secondary N) is 1. The van der Waals surface area contributed by atoms with Gasteiger partial charge in [0, 0.05) is 6.42 Å². The lowest BCUT2D eigenvalue weighted by molar-refractivity contribution is 0.388. The summed E-state index contributed by atoms with van der Waals surface area (Å²) >= 11 is 0. The van der Waals surface area contributed by atoms with Gasteiger partial charge in [0.1, 0.15) is 18.2 Å². The van der Waals surface area contributed by atoms with Crippen molar-refractivity contribution in [2.75, 3.05) is 6.54 Å². The highest BCUT2D eigenvalue weighted by molar-refractivity contribution is 5.12. The van der Waals surface area contributed by atoms with Gasteiger partial charge in [-0.3, -0.25) is 5.32 Å². The Balaban J connectivity index is 2.03. The number of aromatic nitrogens is 3. The van der Waals surface area contributed by atoms with Crippen LogP contribution >= 0.6 is 0 Å². The van der Waals surface area contributed by atoms with Gasteiger partial charge >= 0.3 is 0 Å². The summed E-state index contributed by atoms with van der Waals surface area (Å²) in [6.07, 6.45) is 7.05. The van der Waals surface area contributed by atoms with Crippen LogP contribution < -0.4 is 5.32 Å². The van der Waals surface area contributed by atoms with Crippen molar-refractivity contribution in [3.8, 4) is 6.07 Å². The standard InChI is InChI=1S/C11H17N5/c1-2-5-14-11(7-12)4-3-10(6-11)16-9-13-8-15-16/h8-10,14H,2-6H2,1H3.